The zero-order valence-corrected chi connectivity index (χ0v) is 19.6. The molecule has 0 fully saturated rings. The summed E-state index contributed by atoms with van der Waals surface area (Å²) in [6.07, 6.45) is 0. The maximum atomic E-state index is 12.7. The van der Waals surface area contributed by atoms with Crippen molar-refractivity contribution in [1.29, 1.82) is 0 Å². The Kier molecular flexibility index (Phi) is 6.87. The van der Waals surface area contributed by atoms with E-state index < -0.39 is 0 Å². The van der Waals surface area contributed by atoms with Gasteiger partial charge in [-0.3, -0.25) is 9.36 Å². The third kappa shape index (κ3) is 5.36. The lowest BCUT2D eigenvalue weighted by atomic mass is 10.2. The van der Waals surface area contributed by atoms with Gasteiger partial charge in [-0.15, -0.1) is 11.8 Å². The van der Waals surface area contributed by atoms with E-state index in [-0.39, 0.29) is 12.5 Å². The minimum atomic E-state index is -0.166. The molecule has 0 spiro atoms. The molecule has 5 nitrogen and oxygen atoms in total. The van der Waals surface area contributed by atoms with Crippen LogP contribution >= 0.6 is 24.0 Å². The molecule has 1 N–H and O–H groups in total. The predicted molar refractivity (Wildman–Crippen MR) is 133 cm³/mol. The van der Waals surface area contributed by atoms with Crippen LogP contribution in [-0.4, -0.2) is 20.3 Å². The van der Waals surface area contributed by atoms with Crippen LogP contribution in [-0.2, 0) is 17.1 Å². The first kappa shape index (κ1) is 22.0. The first-order valence-corrected chi connectivity index (χ1v) is 11.7. The number of anilines is 1. The van der Waals surface area contributed by atoms with Gasteiger partial charge < -0.3 is 5.32 Å². The van der Waals surface area contributed by atoms with Gasteiger partial charge in [0.05, 0.1) is 5.75 Å². The van der Waals surface area contributed by atoms with Crippen molar-refractivity contribution < 1.29 is 4.79 Å². The number of rotatable bonds is 7. The molecule has 0 saturated carbocycles. The van der Waals surface area contributed by atoms with Crippen molar-refractivity contribution in [3.05, 3.63) is 101 Å². The lowest BCUT2D eigenvalue weighted by Gasteiger charge is -2.08. The first-order valence-electron chi connectivity index (χ1n) is 10.3. The third-order valence-electron chi connectivity index (χ3n) is 4.91. The topological polar surface area (TPSA) is 51.9 Å². The van der Waals surface area contributed by atoms with Crippen molar-refractivity contribution in [2.45, 2.75) is 31.0 Å². The van der Waals surface area contributed by atoms with Gasteiger partial charge in [-0.05, 0) is 68.0 Å². The molecule has 162 valence electrons. The van der Waals surface area contributed by atoms with Crippen LogP contribution in [0.5, 0.6) is 0 Å². The van der Waals surface area contributed by atoms with E-state index in [9.17, 15) is 4.79 Å². The summed E-state index contributed by atoms with van der Waals surface area (Å²) in [5.41, 5.74) is 3.98. The molecule has 0 bridgehead atoms. The van der Waals surface area contributed by atoms with Gasteiger partial charge in [-0.2, -0.15) is 5.10 Å². The summed E-state index contributed by atoms with van der Waals surface area (Å²) in [5.74, 6) is 1.27. The Hall–Kier alpha value is -3.16. The maximum Gasteiger partial charge on any atom is 0.246 e. The van der Waals surface area contributed by atoms with E-state index in [0.717, 1.165) is 33.2 Å². The zero-order chi connectivity index (χ0) is 22.5. The highest BCUT2D eigenvalue weighted by Gasteiger charge is 2.15. The Morgan fingerprint density at radius 1 is 0.969 bits per heavy atom. The monoisotopic (exact) mass is 460 g/mol. The second-order valence-corrected chi connectivity index (χ2v) is 8.96. The van der Waals surface area contributed by atoms with Crippen LogP contribution < -0.4 is 5.32 Å². The van der Waals surface area contributed by atoms with Gasteiger partial charge in [0.2, 0.25) is 10.7 Å². The van der Waals surface area contributed by atoms with E-state index in [4.69, 9.17) is 17.3 Å². The summed E-state index contributed by atoms with van der Waals surface area (Å²) in [5, 5.41) is 7.64. The SMILES string of the molecule is Cc1ccc(NC(=O)Cn2nc(CSc3ccccc3)n(-c3cccc(C)c3)c2=S)cc1. The molecule has 1 amide bonds. The number of aryl methyl sites for hydroxylation is 2. The highest BCUT2D eigenvalue weighted by atomic mass is 32.2. The number of hydrogen-bond acceptors (Lipinski definition) is 4. The smallest absolute Gasteiger partial charge is 0.246 e. The zero-order valence-electron chi connectivity index (χ0n) is 18.0. The standard InChI is InChI=1S/C25H24N4OS2/c1-18-11-13-20(14-12-18)26-24(30)16-28-25(31)29(21-8-6-7-19(2)15-21)23(27-28)17-32-22-9-4-3-5-10-22/h3-15H,16-17H2,1-2H3,(H,26,30). The summed E-state index contributed by atoms with van der Waals surface area (Å²) in [6, 6.07) is 26.0. The molecule has 1 heterocycles. The average molecular weight is 461 g/mol. The van der Waals surface area contributed by atoms with Gasteiger partial charge in [-0.25, -0.2) is 4.68 Å². The minimum Gasteiger partial charge on any atom is -0.324 e. The largest absolute Gasteiger partial charge is 0.324 e. The molecular formula is C25H24N4OS2. The molecule has 0 aliphatic carbocycles. The number of thioether (sulfide) groups is 1. The van der Waals surface area contributed by atoms with Gasteiger partial charge >= 0.3 is 0 Å². The molecule has 1 aromatic heterocycles. The second kappa shape index (κ2) is 9.97. The second-order valence-electron chi connectivity index (χ2n) is 7.55. The Morgan fingerprint density at radius 3 is 2.44 bits per heavy atom. The first-order chi connectivity index (χ1) is 15.5. The molecule has 0 aliphatic rings. The highest BCUT2D eigenvalue weighted by Crippen LogP contribution is 2.24. The van der Waals surface area contributed by atoms with Crippen molar-refractivity contribution in [3.8, 4) is 5.69 Å². The molecule has 4 rings (SSSR count). The fourth-order valence-electron chi connectivity index (χ4n) is 3.31. The summed E-state index contributed by atoms with van der Waals surface area (Å²) in [4.78, 5) is 13.8. The molecule has 0 radical (unpaired) electrons. The van der Waals surface area contributed by atoms with E-state index in [1.165, 1.54) is 0 Å². The van der Waals surface area contributed by atoms with E-state index in [0.29, 0.717) is 10.5 Å². The number of carbonyl (C=O) groups is 1. The van der Waals surface area contributed by atoms with Crippen LogP contribution in [0.4, 0.5) is 5.69 Å². The number of nitrogens with zero attached hydrogens (tertiary/aromatic N) is 3. The molecular weight excluding hydrogens is 436 g/mol. The van der Waals surface area contributed by atoms with Crippen LogP contribution in [0.15, 0.2) is 83.8 Å². The third-order valence-corrected chi connectivity index (χ3v) is 6.31. The number of amides is 1. The number of hydrogen-bond donors (Lipinski definition) is 1. The lowest BCUT2D eigenvalue weighted by molar-refractivity contribution is -0.116. The Balaban J connectivity index is 1.61. The van der Waals surface area contributed by atoms with Crippen molar-refractivity contribution in [2.24, 2.45) is 0 Å². The van der Waals surface area contributed by atoms with Gasteiger partial charge in [0.1, 0.15) is 12.4 Å². The Morgan fingerprint density at radius 2 is 1.72 bits per heavy atom. The van der Waals surface area contributed by atoms with Gasteiger partial charge in [0.25, 0.3) is 0 Å². The summed E-state index contributed by atoms with van der Waals surface area (Å²) in [7, 11) is 0. The minimum absolute atomic E-state index is 0.0501. The summed E-state index contributed by atoms with van der Waals surface area (Å²) >= 11 is 7.43. The van der Waals surface area contributed by atoms with E-state index >= 15 is 0 Å². The molecule has 0 unspecified atom stereocenters. The molecule has 0 aliphatic heterocycles. The van der Waals surface area contributed by atoms with Gasteiger partial charge in [0.15, 0.2) is 0 Å². The van der Waals surface area contributed by atoms with Crippen LogP contribution in [0.1, 0.15) is 17.0 Å². The fourth-order valence-corrected chi connectivity index (χ4v) is 4.46. The number of aromatic nitrogens is 3. The van der Waals surface area contributed by atoms with Crippen molar-refractivity contribution in [2.75, 3.05) is 5.32 Å². The Bertz CT molecular complexity index is 1280. The van der Waals surface area contributed by atoms with E-state index in [2.05, 4.69) is 23.5 Å². The van der Waals surface area contributed by atoms with E-state index in [1.54, 1.807) is 16.4 Å². The molecule has 0 saturated heterocycles. The molecule has 3 aromatic carbocycles. The lowest BCUT2D eigenvalue weighted by Crippen LogP contribution is -2.19. The average Bonchev–Trinajstić information content (AvgIpc) is 3.09. The molecule has 7 heteroatoms. The highest BCUT2D eigenvalue weighted by molar-refractivity contribution is 7.98. The maximum absolute atomic E-state index is 12.7. The number of benzene rings is 3. The molecule has 0 atom stereocenters. The summed E-state index contributed by atoms with van der Waals surface area (Å²) in [6.45, 7) is 4.11. The van der Waals surface area contributed by atoms with Gasteiger partial charge in [0, 0.05) is 16.3 Å². The normalized spacial score (nSPS) is 10.8. The van der Waals surface area contributed by atoms with Crippen LogP contribution in [0.2, 0.25) is 0 Å². The van der Waals surface area contributed by atoms with E-state index in [1.807, 2.05) is 79.1 Å². The van der Waals surface area contributed by atoms with Crippen molar-refractivity contribution in [3.63, 3.8) is 0 Å². The van der Waals surface area contributed by atoms with Crippen LogP contribution in [0.3, 0.4) is 0 Å². The quantitative estimate of drug-likeness (QED) is 0.273. The summed E-state index contributed by atoms with van der Waals surface area (Å²) < 4.78 is 4.05. The van der Waals surface area contributed by atoms with Crippen LogP contribution in [0.25, 0.3) is 5.69 Å². The number of nitrogens with one attached hydrogen (secondary N) is 1. The molecule has 4 aromatic rings. The number of carbonyl (C=O) groups excluding carboxylic acids is 1. The molecule has 32 heavy (non-hydrogen) atoms. The predicted octanol–water partition coefficient (Wildman–Crippen LogP) is 5.95. The van der Waals surface area contributed by atoms with Gasteiger partial charge in [-0.1, -0.05) is 48.0 Å². The van der Waals surface area contributed by atoms with Crippen molar-refractivity contribution >= 4 is 35.6 Å². The van der Waals surface area contributed by atoms with Crippen molar-refractivity contribution in [1.82, 2.24) is 14.3 Å². The Labute approximate surface area is 197 Å². The fraction of sp³-hybridized carbons (Fsp3) is 0.160. The van der Waals surface area contributed by atoms with Crippen LogP contribution in [0, 0.1) is 18.6 Å².